The Morgan fingerprint density at radius 3 is 2.84 bits per heavy atom. The van der Waals surface area contributed by atoms with E-state index in [9.17, 15) is 4.79 Å². The lowest BCUT2D eigenvalue weighted by Crippen LogP contribution is -2.51. The number of fused-ring (bicyclic) bond motifs is 1. The molecular formula is C15H22N2OS. The molecule has 1 aromatic rings. The molecule has 0 aromatic heterocycles. The topological polar surface area (TPSA) is 32.3 Å². The lowest BCUT2D eigenvalue weighted by atomic mass is 9.95. The van der Waals surface area contributed by atoms with Crippen molar-refractivity contribution in [1.82, 2.24) is 10.2 Å². The Labute approximate surface area is 119 Å². The third-order valence-electron chi connectivity index (χ3n) is 3.80. The molecule has 1 aliphatic rings. The van der Waals surface area contributed by atoms with Gasteiger partial charge in [-0.2, -0.15) is 11.8 Å². The maximum atomic E-state index is 12.5. The zero-order chi connectivity index (χ0) is 13.8. The van der Waals surface area contributed by atoms with Crippen molar-refractivity contribution in [3.8, 4) is 0 Å². The molecule has 0 bridgehead atoms. The molecule has 1 aromatic carbocycles. The highest BCUT2D eigenvalue weighted by atomic mass is 32.2. The highest BCUT2D eigenvalue weighted by molar-refractivity contribution is 7.98. The van der Waals surface area contributed by atoms with Crippen LogP contribution in [0.2, 0.25) is 0 Å². The van der Waals surface area contributed by atoms with Gasteiger partial charge in [-0.3, -0.25) is 4.79 Å². The lowest BCUT2D eigenvalue weighted by molar-refractivity contribution is -0.133. The second-order valence-electron chi connectivity index (χ2n) is 5.16. The summed E-state index contributed by atoms with van der Waals surface area (Å²) in [5.74, 6) is 1.18. The van der Waals surface area contributed by atoms with E-state index in [4.69, 9.17) is 0 Å². The molecule has 1 heterocycles. The summed E-state index contributed by atoms with van der Waals surface area (Å²) in [6.45, 7) is 2.89. The zero-order valence-corrected chi connectivity index (χ0v) is 12.7. The predicted molar refractivity (Wildman–Crippen MR) is 81.4 cm³/mol. The van der Waals surface area contributed by atoms with E-state index in [-0.39, 0.29) is 18.0 Å². The number of amides is 1. The van der Waals surface area contributed by atoms with E-state index >= 15 is 0 Å². The van der Waals surface area contributed by atoms with Crippen LogP contribution in [0.25, 0.3) is 0 Å². The summed E-state index contributed by atoms with van der Waals surface area (Å²) >= 11 is 1.78. The van der Waals surface area contributed by atoms with Crippen LogP contribution in [0.4, 0.5) is 0 Å². The lowest BCUT2D eigenvalue weighted by Gasteiger charge is -2.32. The molecule has 0 saturated carbocycles. The highest BCUT2D eigenvalue weighted by Crippen LogP contribution is 2.18. The van der Waals surface area contributed by atoms with Gasteiger partial charge in [0.05, 0.1) is 6.04 Å². The quantitative estimate of drug-likeness (QED) is 0.913. The van der Waals surface area contributed by atoms with Crippen molar-refractivity contribution >= 4 is 17.7 Å². The monoisotopic (exact) mass is 278 g/mol. The fraction of sp³-hybridized carbons (Fsp3) is 0.533. The Hall–Kier alpha value is -1.00. The summed E-state index contributed by atoms with van der Waals surface area (Å²) in [7, 11) is 1.91. The van der Waals surface area contributed by atoms with Crippen molar-refractivity contribution in [3.05, 3.63) is 35.4 Å². The van der Waals surface area contributed by atoms with Gasteiger partial charge in [-0.1, -0.05) is 24.3 Å². The summed E-state index contributed by atoms with van der Waals surface area (Å²) in [6, 6.07) is 8.55. The molecule has 1 aliphatic heterocycles. The number of carbonyl (C=O) groups excluding carboxylic acids is 1. The van der Waals surface area contributed by atoms with E-state index < -0.39 is 0 Å². The molecule has 0 aliphatic carbocycles. The summed E-state index contributed by atoms with van der Waals surface area (Å²) in [6.07, 6.45) is 2.87. The molecule has 3 nitrogen and oxygen atoms in total. The maximum Gasteiger partial charge on any atom is 0.240 e. The van der Waals surface area contributed by atoms with Crippen LogP contribution >= 0.6 is 11.8 Å². The Balaban J connectivity index is 2.02. The van der Waals surface area contributed by atoms with E-state index in [1.165, 1.54) is 11.1 Å². The molecule has 1 amide bonds. The van der Waals surface area contributed by atoms with Gasteiger partial charge in [0.25, 0.3) is 0 Å². The van der Waals surface area contributed by atoms with Crippen LogP contribution in [0.15, 0.2) is 24.3 Å². The largest absolute Gasteiger partial charge is 0.341 e. The molecular weight excluding hydrogens is 256 g/mol. The molecule has 1 N–H and O–H groups in total. The smallest absolute Gasteiger partial charge is 0.240 e. The van der Waals surface area contributed by atoms with Crippen LogP contribution in [0.1, 0.15) is 18.1 Å². The number of benzene rings is 1. The normalized spacial score (nSPS) is 19.6. The number of thioether (sulfide) groups is 1. The molecule has 1 unspecified atom stereocenters. The predicted octanol–water partition coefficient (Wildman–Crippen LogP) is 1.91. The summed E-state index contributed by atoms with van der Waals surface area (Å²) < 4.78 is 0. The van der Waals surface area contributed by atoms with Crippen molar-refractivity contribution in [1.29, 1.82) is 0 Å². The van der Waals surface area contributed by atoms with Crippen molar-refractivity contribution in [3.63, 3.8) is 0 Å². The SMILES string of the molecule is CSCC(C)N(C)C(=O)[C@H]1Cc2ccccc2CN1. The van der Waals surface area contributed by atoms with Gasteiger partial charge in [0.15, 0.2) is 0 Å². The van der Waals surface area contributed by atoms with Gasteiger partial charge < -0.3 is 10.2 Å². The van der Waals surface area contributed by atoms with Gasteiger partial charge in [-0.15, -0.1) is 0 Å². The van der Waals surface area contributed by atoms with E-state index in [0.717, 1.165) is 18.7 Å². The minimum absolute atomic E-state index is 0.0794. The minimum Gasteiger partial charge on any atom is -0.341 e. The number of likely N-dealkylation sites (N-methyl/N-ethyl adjacent to an activating group) is 1. The van der Waals surface area contributed by atoms with Gasteiger partial charge >= 0.3 is 0 Å². The molecule has 0 fully saturated rings. The minimum atomic E-state index is -0.0794. The van der Waals surface area contributed by atoms with Crippen molar-refractivity contribution < 1.29 is 4.79 Å². The van der Waals surface area contributed by atoms with Gasteiger partial charge in [-0.25, -0.2) is 0 Å². The van der Waals surface area contributed by atoms with Gasteiger partial charge in [-0.05, 0) is 30.7 Å². The Morgan fingerprint density at radius 1 is 1.47 bits per heavy atom. The molecule has 4 heteroatoms. The fourth-order valence-electron chi connectivity index (χ4n) is 2.44. The first-order chi connectivity index (χ1) is 9.13. The fourth-order valence-corrected chi connectivity index (χ4v) is 3.15. The molecule has 0 spiro atoms. The zero-order valence-electron chi connectivity index (χ0n) is 11.8. The standard InChI is InChI=1S/C15H22N2OS/c1-11(10-19-3)17(2)15(18)14-8-12-6-4-5-7-13(12)9-16-14/h4-7,11,14,16H,8-10H2,1-3H3/t11?,14-/m1/s1. The van der Waals surface area contributed by atoms with E-state index in [1.807, 2.05) is 18.0 Å². The van der Waals surface area contributed by atoms with Crippen molar-refractivity contribution in [2.24, 2.45) is 0 Å². The number of nitrogens with zero attached hydrogens (tertiary/aromatic N) is 1. The van der Waals surface area contributed by atoms with Crippen LogP contribution in [0.5, 0.6) is 0 Å². The Bertz CT molecular complexity index is 450. The van der Waals surface area contributed by atoms with Crippen LogP contribution in [-0.2, 0) is 17.8 Å². The first-order valence-corrected chi connectivity index (χ1v) is 8.08. The molecule has 104 valence electrons. The molecule has 2 rings (SSSR count). The average molecular weight is 278 g/mol. The summed E-state index contributed by atoms with van der Waals surface area (Å²) in [5.41, 5.74) is 2.61. The van der Waals surface area contributed by atoms with E-state index in [1.54, 1.807) is 11.8 Å². The van der Waals surface area contributed by atoms with Gasteiger partial charge in [0, 0.05) is 25.4 Å². The van der Waals surface area contributed by atoms with Crippen LogP contribution < -0.4 is 5.32 Å². The van der Waals surface area contributed by atoms with Crippen LogP contribution in [0, 0.1) is 0 Å². The molecule has 2 atom stereocenters. The third-order valence-corrected chi connectivity index (χ3v) is 4.61. The second-order valence-corrected chi connectivity index (χ2v) is 6.07. The van der Waals surface area contributed by atoms with Gasteiger partial charge in [0.1, 0.15) is 0 Å². The number of hydrogen-bond donors (Lipinski definition) is 1. The Morgan fingerprint density at radius 2 is 2.16 bits per heavy atom. The Kier molecular flexibility index (Phi) is 4.88. The summed E-state index contributed by atoms with van der Waals surface area (Å²) in [5, 5.41) is 3.35. The highest BCUT2D eigenvalue weighted by Gasteiger charge is 2.27. The third kappa shape index (κ3) is 3.31. The van der Waals surface area contributed by atoms with Crippen LogP contribution in [-0.4, -0.2) is 41.9 Å². The molecule has 0 radical (unpaired) electrons. The first kappa shape index (κ1) is 14.4. The second kappa shape index (κ2) is 6.44. The average Bonchev–Trinajstić information content (AvgIpc) is 2.45. The number of rotatable bonds is 4. The summed E-state index contributed by atoms with van der Waals surface area (Å²) in [4.78, 5) is 14.4. The van der Waals surface area contributed by atoms with Crippen molar-refractivity contribution in [2.45, 2.75) is 32.0 Å². The number of carbonyl (C=O) groups is 1. The van der Waals surface area contributed by atoms with Gasteiger partial charge in [0.2, 0.25) is 5.91 Å². The maximum absolute atomic E-state index is 12.5. The number of nitrogens with one attached hydrogen (secondary N) is 1. The van der Waals surface area contributed by atoms with Crippen molar-refractivity contribution in [2.75, 3.05) is 19.1 Å². The molecule has 19 heavy (non-hydrogen) atoms. The van der Waals surface area contributed by atoms with E-state index in [0.29, 0.717) is 0 Å². The van der Waals surface area contributed by atoms with E-state index in [2.05, 4.69) is 36.7 Å². The number of hydrogen-bond acceptors (Lipinski definition) is 3. The molecule has 0 saturated heterocycles. The van der Waals surface area contributed by atoms with Crippen LogP contribution in [0.3, 0.4) is 0 Å². The first-order valence-electron chi connectivity index (χ1n) is 6.69.